The van der Waals surface area contributed by atoms with Gasteiger partial charge in [0.25, 0.3) is 0 Å². The third kappa shape index (κ3) is 3.25. The first-order valence-electron chi connectivity index (χ1n) is 6.89. The van der Waals surface area contributed by atoms with Crippen molar-refractivity contribution in [3.8, 4) is 0 Å². The molecule has 0 saturated heterocycles. The Hall–Kier alpha value is -1.05. The fourth-order valence-corrected chi connectivity index (χ4v) is 3.91. The standard InChI is InChI=1S/C14H20F2N2O2S/c1-9(11-4-5-11)18(3)21(19,20)13-7-10(8-17-2)6-12(15)14(13)16/h6-7,9,11,17H,4-5,8H2,1-3H3. The van der Waals surface area contributed by atoms with Gasteiger partial charge < -0.3 is 5.32 Å². The van der Waals surface area contributed by atoms with Gasteiger partial charge in [-0.15, -0.1) is 0 Å². The van der Waals surface area contributed by atoms with Gasteiger partial charge >= 0.3 is 0 Å². The monoisotopic (exact) mass is 318 g/mol. The van der Waals surface area contributed by atoms with Gasteiger partial charge in [-0.25, -0.2) is 17.2 Å². The van der Waals surface area contributed by atoms with E-state index in [1.165, 1.54) is 13.1 Å². The Kier molecular flexibility index (Phi) is 4.65. The average Bonchev–Trinajstić information content (AvgIpc) is 3.25. The smallest absolute Gasteiger partial charge is 0.246 e. The van der Waals surface area contributed by atoms with E-state index in [-0.39, 0.29) is 12.6 Å². The van der Waals surface area contributed by atoms with E-state index in [0.717, 1.165) is 23.2 Å². The maximum atomic E-state index is 14.0. The first-order valence-corrected chi connectivity index (χ1v) is 8.33. The van der Waals surface area contributed by atoms with Gasteiger partial charge in [0.05, 0.1) is 0 Å². The first kappa shape index (κ1) is 16.3. The lowest BCUT2D eigenvalue weighted by molar-refractivity contribution is 0.353. The summed E-state index contributed by atoms with van der Waals surface area (Å²) in [5.41, 5.74) is 0.391. The maximum absolute atomic E-state index is 14.0. The number of hydrogen-bond acceptors (Lipinski definition) is 3. The summed E-state index contributed by atoms with van der Waals surface area (Å²) in [6.07, 6.45) is 1.94. The predicted molar refractivity (Wildman–Crippen MR) is 76.3 cm³/mol. The number of nitrogens with one attached hydrogen (secondary N) is 1. The molecular formula is C14H20F2N2O2S. The predicted octanol–water partition coefficient (Wildman–Crippen LogP) is 2.10. The minimum Gasteiger partial charge on any atom is -0.316 e. The molecule has 4 nitrogen and oxygen atoms in total. The molecule has 1 fully saturated rings. The SMILES string of the molecule is CNCc1cc(F)c(F)c(S(=O)(=O)N(C)C(C)C2CC2)c1. The van der Waals surface area contributed by atoms with Gasteiger partial charge in [-0.1, -0.05) is 0 Å². The molecule has 0 bridgehead atoms. The van der Waals surface area contributed by atoms with Crippen molar-refractivity contribution in [1.29, 1.82) is 0 Å². The van der Waals surface area contributed by atoms with Crippen LogP contribution in [0.2, 0.25) is 0 Å². The Morgan fingerprint density at radius 1 is 1.38 bits per heavy atom. The zero-order chi connectivity index (χ0) is 15.8. The van der Waals surface area contributed by atoms with E-state index in [9.17, 15) is 17.2 Å². The van der Waals surface area contributed by atoms with Crippen LogP contribution in [0.4, 0.5) is 8.78 Å². The highest BCUT2D eigenvalue weighted by Crippen LogP contribution is 2.36. The third-order valence-electron chi connectivity index (χ3n) is 3.97. The van der Waals surface area contributed by atoms with Crippen molar-refractivity contribution in [2.75, 3.05) is 14.1 Å². The number of rotatable bonds is 6. The topological polar surface area (TPSA) is 49.4 Å². The van der Waals surface area contributed by atoms with E-state index in [2.05, 4.69) is 5.32 Å². The Morgan fingerprint density at radius 3 is 2.52 bits per heavy atom. The van der Waals surface area contributed by atoms with Crippen LogP contribution < -0.4 is 5.32 Å². The lowest BCUT2D eigenvalue weighted by atomic mass is 10.2. The summed E-state index contributed by atoms with van der Waals surface area (Å²) in [7, 11) is -0.980. The molecule has 1 aromatic carbocycles. The summed E-state index contributed by atoms with van der Waals surface area (Å²) in [4.78, 5) is -0.595. The maximum Gasteiger partial charge on any atom is 0.246 e. The molecule has 7 heteroatoms. The molecule has 118 valence electrons. The van der Waals surface area contributed by atoms with Gasteiger partial charge in [-0.05, 0) is 50.4 Å². The van der Waals surface area contributed by atoms with Gasteiger partial charge in [0.1, 0.15) is 4.90 Å². The zero-order valence-corrected chi connectivity index (χ0v) is 13.2. The summed E-state index contributed by atoms with van der Waals surface area (Å²) >= 11 is 0. The quantitative estimate of drug-likeness (QED) is 0.874. The highest BCUT2D eigenvalue weighted by molar-refractivity contribution is 7.89. The summed E-state index contributed by atoms with van der Waals surface area (Å²) in [6.45, 7) is 2.06. The molecule has 1 aliphatic carbocycles. The van der Waals surface area contributed by atoms with Crippen LogP contribution in [-0.4, -0.2) is 32.9 Å². The summed E-state index contributed by atoms with van der Waals surface area (Å²) < 4.78 is 53.8. The fraction of sp³-hybridized carbons (Fsp3) is 0.571. The fourth-order valence-electron chi connectivity index (χ4n) is 2.36. The molecule has 1 aliphatic rings. The van der Waals surface area contributed by atoms with Crippen LogP contribution >= 0.6 is 0 Å². The van der Waals surface area contributed by atoms with E-state index in [1.807, 2.05) is 0 Å². The molecule has 0 aromatic heterocycles. The number of halogens is 2. The van der Waals surface area contributed by atoms with Gasteiger partial charge in [-0.3, -0.25) is 0 Å². The summed E-state index contributed by atoms with van der Waals surface area (Å²) in [6, 6.07) is 1.99. The molecule has 0 heterocycles. The third-order valence-corrected chi connectivity index (χ3v) is 5.91. The van der Waals surface area contributed by atoms with E-state index >= 15 is 0 Å². The number of nitrogens with zero attached hydrogens (tertiary/aromatic N) is 1. The normalized spacial score (nSPS) is 17.2. The minimum atomic E-state index is -4.05. The van der Waals surface area contributed by atoms with Gasteiger partial charge in [0.2, 0.25) is 10.0 Å². The molecular weight excluding hydrogens is 298 g/mol. The van der Waals surface area contributed by atoms with Crippen molar-refractivity contribution in [1.82, 2.24) is 9.62 Å². The summed E-state index contributed by atoms with van der Waals surface area (Å²) in [5, 5.41) is 2.79. The average molecular weight is 318 g/mol. The van der Waals surface area contributed by atoms with Crippen molar-refractivity contribution in [3.05, 3.63) is 29.3 Å². The van der Waals surface area contributed by atoms with Crippen LogP contribution in [0.25, 0.3) is 0 Å². The molecule has 1 saturated carbocycles. The van der Waals surface area contributed by atoms with Crippen LogP contribution in [0.15, 0.2) is 17.0 Å². The lowest BCUT2D eigenvalue weighted by Gasteiger charge is -2.24. The molecule has 0 aliphatic heterocycles. The van der Waals surface area contributed by atoms with E-state index in [4.69, 9.17) is 0 Å². The highest BCUT2D eigenvalue weighted by atomic mass is 32.2. The molecule has 1 aromatic rings. The second kappa shape index (κ2) is 5.98. The van der Waals surface area contributed by atoms with Crippen LogP contribution in [-0.2, 0) is 16.6 Å². The Labute approximate surface area is 124 Å². The number of benzene rings is 1. The molecule has 0 spiro atoms. The Balaban J connectivity index is 2.42. The lowest BCUT2D eigenvalue weighted by Crippen LogP contribution is -2.37. The number of hydrogen-bond donors (Lipinski definition) is 1. The Morgan fingerprint density at radius 2 is 2.00 bits per heavy atom. The second-order valence-electron chi connectivity index (χ2n) is 5.52. The minimum absolute atomic E-state index is 0.217. The number of sulfonamides is 1. The van der Waals surface area contributed by atoms with E-state index < -0.39 is 26.6 Å². The van der Waals surface area contributed by atoms with Crippen LogP contribution in [0.3, 0.4) is 0 Å². The van der Waals surface area contributed by atoms with Crippen LogP contribution in [0.1, 0.15) is 25.3 Å². The van der Waals surface area contributed by atoms with Crippen molar-refractivity contribution in [2.24, 2.45) is 5.92 Å². The first-order chi connectivity index (χ1) is 9.78. The van der Waals surface area contributed by atoms with Crippen molar-refractivity contribution >= 4 is 10.0 Å². The Bertz CT molecular complexity index is 630. The van der Waals surface area contributed by atoms with Crippen molar-refractivity contribution in [2.45, 2.75) is 37.2 Å². The largest absolute Gasteiger partial charge is 0.316 e. The van der Waals surface area contributed by atoms with Crippen LogP contribution in [0, 0.1) is 17.6 Å². The summed E-state index contributed by atoms with van der Waals surface area (Å²) in [5.74, 6) is -2.16. The van der Waals surface area contributed by atoms with Gasteiger partial charge in [0, 0.05) is 19.6 Å². The molecule has 2 rings (SSSR count). The van der Waals surface area contributed by atoms with Crippen molar-refractivity contribution < 1.29 is 17.2 Å². The highest BCUT2D eigenvalue weighted by Gasteiger charge is 2.37. The molecule has 1 N–H and O–H groups in total. The molecule has 1 unspecified atom stereocenters. The van der Waals surface area contributed by atoms with E-state index in [1.54, 1.807) is 14.0 Å². The molecule has 0 amide bonds. The van der Waals surface area contributed by atoms with Gasteiger partial charge in [0.15, 0.2) is 11.6 Å². The molecule has 21 heavy (non-hydrogen) atoms. The molecule has 0 radical (unpaired) electrons. The van der Waals surface area contributed by atoms with Crippen LogP contribution in [0.5, 0.6) is 0 Å². The van der Waals surface area contributed by atoms with Crippen molar-refractivity contribution in [3.63, 3.8) is 0 Å². The van der Waals surface area contributed by atoms with E-state index in [0.29, 0.717) is 11.5 Å². The molecule has 1 atom stereocenters. The van der Waals surface area contributed by atoms with Gasteiger partial charge in [-0.2, -0.15) is 4.31 Å². The zero-order valence-electron chi connectivity index (χ0n) is 12.4. The second-order valence-corrected chi connectivity index (χ2v) is 7.49.